The molecule has 210 valence electrons. The monoisotopic (exact) mass is 584 g/mol. The number of hydrogen-bond donors (Lipinski definition) is 3. The van der Waals surface area contributed by atoms with Crippen molar-refractivity contribution in [2.24, 2.45) is 5.10 Å². The van der Waals surface area contributed by atoms with E-state index in [4.69, 9.17) is 49.2 Å². The van der Waals surface area contributed by atoms with E-state index in [2.05, 4.69) is 27.1 Å². The molecule has 12 heteroatoms. The number of hydrogen-bond acceptors (Lipinski definition) is 8. The van der Waals surface area contributed by atoms with Crippen LogP contribution in [0.1, 0.15) is 37.9 Å². The number of hydrazone groups is 1. The molecule has 2 aromatic carbocycles. The molecule has 1 aliphatic heterocycles. The third-order valence-electron chi connectivity index (χ3n) is 5.39. The smallest absolute Gasteiger partial charge is 0.338 e. The Kier molecular flexibility index (Phi) is 11.2. The highest BCUT2D eigenvalue weighted by molar-refractivity contribution is 7.80. The molecule has 0 saturated heterocycles. The number of nitrogens with zero attached hydrogens (tertiary/aromatic N) is 1. The standard InChI is InChI=1S/C28H29ClN4O6S/c1-5-12-38-26-20(29)13-18(14-22(26)36-6-2)15-30-33-23(34)16-39-21-11-9-8-10-19(21)25-24(27(35)37-7-3)17(4)31-28(40)32-25/h1,8-11,13-15,25H,6-7,12,16H2,2-4H3,(H,33,34)(H2,31,32,40)/t25-/m0/s1. The molecule has 40 heavy (non-hydrogen) atoms. The molecule has 2 aromatic rings. The van der Waals surface area contributed by atoms with Gasteiger partial charge in [0, 0.05) is 11.3 Å². The van der Waals surface area contributed by atoms with E-state index in [0.29, 0.717) is 51.4 Å². The van der Waals surface area contributed by atoms with Gasteiger partial charge in [-0.1, -0.05) is 35.7 Å². The molecule has 3 rings (SSSR count). The summed E-state index contributed by atoms with van der Waals surface area (Å²) < 4.78 is 22.1. The highest BCUT2D eigenvalue weighted by atomic mass is 35.5. The Balaban J connectivity index is 1.70. The van der Waals surface area contributed by atoms with Crippen LogP contribution >= 0.6 is 23.8 Å². The first-order chi connectivity index (χ1) is 19.3. The maximum absolute atomic E-state index is 12.7. The maximum Gasteiger partial charge on any atom is 0.338 e. The van der Waals surface area contributed by atoms with E-state index in [9.17, 15) is 9.59 Å². The molecule has 0 aromatic heterocycles. The average molecular weight is 585 g/mol. The van der Waals surface area contributed by atoms with Gasteiger partial charge in [0.25, 0.3) is 5.91 Å². The van der Waals surface area contributed by atoms with Crippen molar-refractivity contribution < 1.29 is 28.5 Å². The van der Waals surface area contributed by atoms with Crippen molar-refractivity contribution in [3.05, 3.63) is 63.8 Å². The van der Waals surface area contributed by atoms with Gasteiger partial charge >= 0.3 is 5.97 Å². The lowest BCUT2D eigenvalue weighted by atomic mass is 9.95. The van der Waals surface area contributed by atoms with Gasteiger partial charge in [-0.15, -0.1) is 6.42 Å². The number of esters is 1. The normalized spacial score (nSPS) is 14.6. The van der Waals surface area contributed by atoms with Crippen LogP contribution in [0, 0.1) is 12.3 Å². The molecule has 0 aliphatic carbocycles. The molecule has 10 nitrogen and oxygen atoms in total. The number of carbonyl (C=O) groups is 2. The predicted molar refractivity (Wildman–Crippen MR) is 156 cm³/mol. The summed E-state index contributed by atoms with van der Waals surface area (Å²) in [5.74, 6) is 2.49. The molecule has 0 radical (unpaired) electrons. The zero-order chi connectivity index (χ0) is 29.1. The fourth-order valence-corrected chi connectivity index (χ4v) is 4.34. The van der Waals surface area contributed by atoms with Crippen LogP contribution in [0.15, 0.2) is 52.8 Å². The minimum Gasteiger partial charge on any atom is -0.490 e. The minimum atomic E-state index is -0.637. The average Bonchev–Trinajstić information content (AvgIpc) is 2.91. The maximum atomic E-state index is 12.7. The number of amides is 1. The lowest BCUT2D eigenvalue weighted by molar-refractivity contribution is -0.139. The van der Waals surface area contributed by atoms with Crippen molar-refractivity contribution in [2.45, 2.75) is 26.8 Å². The van der Waals surface area contributed by atoms with E-state index < -0.39 is 17.9 Å². The van der Waals surface area contributed by atoms with Crippen LogP contribution in [0.3, 0.4) is 0 Å². The Morgan fingerprint density at radius 2 is 1.95 bits per heavy atom. The first-order valence-corrected chi connectivity index (χ1v) is 13.1. The predicted octanol–water partition coefficient (Wildman–Crippen LogP) is 3.64. The number of thiocarbonyl (C=S) groups is 1. The van der Waals surface area contributed by atoms with Crippen molar-refractivity contribution in [1.82, 2.24) is 16.1 Å². The second kappa shape index (κ2) is 14.8. The van der Waals surface area contributed by atoms with Gasteiger partial charge < -0.3 is 29.6 Å². The summed E-state index contributed by atoms with van der Waals surface area (Å²) in [6.07, 6.45) is 6.67. The van der Waals surface area contributed by atoms with E-state index in [1.807, 2.05) is 6.92 Å². The van der Waals surface area contributed by atoms with Gasteiger partial charge in [0.15, 0.2) is 23.2 Å². The second-order valence-electron chi connectivity index (χ2n) is 8.17. The number of nitrogens with one attached hydrogen (secondary N) is 3. The number of benzene rings is 2. The van der Waals surface area contributed by atoms with Crippen molar-refractivity contribution in [2.75, 3.05) is 26.4 Å². The molecule has 1 aliphatic rings. The molecular weight excluding hydrogens is 556 g/mol. The molecule has 3 N–H and O–H groups in total. The van der Waals surface area contributed by atoms with E-state index >= 15 is 0 Å². The van der Waals surface area contributed by atoms with Crippen LogP contribution in [0.25, 0.3) is 0 Å². The summed E-state index contributed by atoms with van der Waals surface area (Å²) in [5, 5.41) is 10.6. The summed E-state index contributed by atoms with van der Waals surface area (Å²) in [7, 11) is 0. The van der Waals surface area contributed by atoms with E-state index in [1.54, 1.807) is 50.2 Å². The van der Waals surface area contributed by atoms with Gasteiger partial charge in [-0.2, -0.15) is 5.10 Å². The van der Waals surface area contributed by atoms with Gasteiger partial charge in [-0.25, -0.2) is 10.2 Å². The Labute approximate surface area is 243 Å². The van der Waals surface area contributed by atoms with Gasteiger partial charge in [0.1, 0.15) is 12.4 Å². The van der Waals surface area contributed by atoms with Gasteiger partial charge in [0.2, 0.25) is 0 Å². The van der Waals surface area contributed by atoms with Gasteiger partial charge in [-0.05, 0) is 56.8 Å². The Morgan fingerprint density at radius 1 is 1.18 bits per heavy atom. The van der Waals surface area contributed by atoms with Crippen molar-refractivity contribution in [3.8, 4) is 29.6 Å². The molecule has 0 bridgehead atoms. The highest BCUT2D eigenvalue weighted by Gasteiger charge is 2.32. The molecular formula is C28H29ClN4O6S. The van der Waals surface area contributed by atoms with Crippen LogP contribution in [0.4, 0.5) is 0 Å². The Morgan fingerprint density at radius 3 is 2.67 bits per heavy atom. The van der Waals surface area contributed by atoms with Crippen molar-refractivity contribution in [1.29, 1.82) is 0 Å². The number of allylic oxidation sites excluding steroid dienone is 1. The molecule has 1 amide bonds. The molecule has 1 atom stereocenters. The van der Waals surface area contributed by atoms with Crippen LogP contribution in [-0.2, 0) is 14.3 Å². The summed E-state index contributed by atoms with van der Waals surface area (Å²) >= 11 is 11.6. The number of ether oxygens (including phenoxy) is 4. The number of terminal acetylenes is 1. The van der Waals surface area contributed by atoms with E-state index in [1.165, 1.54) is 6.21 Å². The van der Waals surface area contributed by atoms with E-state index in [0.717, 1.165) is 0 Å². The zero-order valence-corrected chi connectivity index (χ0v) is 23.8. The SMILES string of the molecule is C#CCOc1c(Cl)cc(C=NNC(=O)COc2ccccc2[C@@H]2NC(=S)NC(C)=C2C(=O)OCC)cc1OCC. The number of rotatable bonds is 12. The third kappa shape index (κ3) is 7.88. The van der Waals surface area contributed by atoms with Crippen molar-refractivity contribution >= 4 is 47.0 Å². The van der Waals surface area contributed by atoms with E-state index in [-0.39, 0.29) is 24.8 Å². The fraction of sp³-hybridized carbons (Fsp3) is 0.286. The fourth-order valence-electron chi connectivity index (χ4n) is 3.79. The number of carbonyl (C=O) groups excluding carboxylic acids is 2. The zero-order valence-electron chi connectivity index (χ0n) is 22.2. The highest BCUT2D eigenvalue weighted by Crippen LogP contribution is 2.36. The molecule has 0 spiro atoms. The summed E-state index contributed by atoms with van der Waals surface area (Å²) in [6, 6.07) is 9.65. The Bertz CT molecular complexity index is 1370. The largest absolute Gasteiger partial charge is 0.490 e. The second-order valence-corrected chi connectivity index (χ2v) is 8.98. The summed E-state index contributed by atoms with van der Waals surface area (Å²) in [4.78, 5) is 25.2. The van der Waals surface area contributed by atoms with Gasteiger partial charge in [-0.3, -0.25) is 4.79 Å². The first-order valence-electron chi connectivity index (χ1n) is 12.3. The van der Waals surface area contributed by atoms with Crippen LogP contribution < -0.4 is 30.3 Å². The lowest BCUT2D eigenvalue weighted by Gasteiger charge is -2.30. The molecule has 0 fully saturated rings. The van der Waals surface area contributed by atoms with Crippen LogP contribution in [-0.4, -0.2) is 49.6 Å². The number of halogens is 1. The molecule has 0 saturated carbocycles. The summed E-state index contributed by atoms with van der Waals surface area (Å²) in [6.45, 7) is 5.58. The first kappa shape index (κ1) is 30.3. The molecule has 1 heterocycles. The summed E-state index contributed by atoms with van der Waals surface area (Å²) in [5.41, 5.74) is 4.51. The minimum absolute atomic E-state index is 0.0345. The third-order valence-corrected chi connectivity index (χ3v) is 5.89. The molecule has 0 unspecified atom stereocenters. The van der Waals surface area contributed by atoms with Gasteiger partial charge in [0.05, 0.1) is 36.1 Å². The topological polar surface area (TPSA) is 120 Å². The van der Waals surface area contributed by atoms with Crippen LogP contribution in [0.2, 0.25) is 5.02 Å². The Hall–Kier alpha value is -4.27. The van der Waals surface area contributed by atoms with Crippen LogP contribution in [0.5, 0.6) is 17.2 Å². The van der Waals surface area contributed by atoms with Crippen molar-refractivity contribution in [3.63, 3.8) is 0 Å². The lowest BCUT2D eigenvalue weighted by Crippen LogP contribution is -2.45. The number of para-hydroxylation sites is 1. The quantitative estimate of drug-likeness (QED) is 0.113.